The SMILES string of the molecule is Nc1ccccc1N(N)CCCN1CCC2(CC1)C(=O)N(Cc1cccc(C(=O)O)c1)CN2c1ccccc1. The number of nitrogen functional groups attached to an aromatic ring is 1. The van der Waals surface area contributed by atoms with Crippen LogP contribution in [0.15, 0.2) is 78.9 Å². The first kappa shape index (κ1) is 26.5. The van der Waals surface area contributed by atoms with Crippen molar-refractivity contribution in [3.63, 3.8) is 0 Å². The van der Waals surface area contributed by atoms with Crippen LogP contribution in [0.25, 0.3) is 0 Å². The van der Waals surface area contributed by atoms with Gasteiger partial charge in [0.1, 0.15) is 5.54 Å². The van der Waals surface area contributed by atoms with Gasteiger partial charge >= 0.3 is 5.97 Å². The highest BCUT2D eigenvalue weighted by Gasteiger charge is 2.53. The maximum absolute atomic E-state index is 14.0. The maximum Gasteiger partial charge on any atom is 0.335 e. The summed E-state index contributed by atoms with van der Waals surface area (Å²) in [7, 11) is 0. The highest BCUT2D eigenvalue weighted by atomic mass is 16.4. The molecular formula is C30H36N6O3. The lowest BCUT2D eigenvalue weighted by atomic mass is 9.85. The van der Waals surface area contributed by atoms with Gasteiger partial charge in [0.15, 0.2) is 0 Å². The molecule has 0 aliphatic carbocycles. The number of likely N-dealkylation sites (tertiary alicyclic amines) is 1. The summed E-state index contributed by atoms with van der Waals surface area (Å²) in [5.74, 6) is 5.40. The van der Waals surface area contributed by atoms with Crippen LogP contribution in [-0.4, -0.2) is 65.2 Å². The van der Waals surface area contributed by atoms with Gasteiger partial charge in [-0.05, 0) is 67.8 Å². The Morgan fingerprint density at radius 1 is 0.974 bits per heavy atom. The second kappa shape index (κ2) is 11.3. The molecule has 0 saturated carbocycles. The quantitative estimate of drug-likeness (QED) is 0.220. The number of para-hydroxylation sites is 3. The van der Waals surface area contributed by atoms with Crippen molar-refractivity contribution in [2.75, 3.05) is 48.5 Å². The smallest absolute Gasteiger partial charge is 0.335 e. The molecule has 2 fully saturated rings. The predicted octanol–water partition coefficient (Wildman–Crippen LogP) is 3.38. The Hall–Kier alpha value is -4.08. The number of hydrogen-bond acceptors (Lipinski definition) is 7. The van der Waals surface area contributed by atoms with E-state index in [1.165, 1.54) is 0 Å². The zero-order valence-corrected chi connectivity index (χ0v) is 22.1. The monoisotopic (exact) mass is 528 g/mol. The Kier molecular flexibility index (Phi) is 7.72. The van der Waals surface area contributed by atoms with Crippen LogP contribution in [0.4, 0.5) is 17.1 Å². The van der Waals surface area contributed by atoms with Gasteiger partial charge in [-0.2, -0.15) is 0 Å². The molecule has 9 nitrogen and oxygen atoms in total. The first-order valence-electron chi connectivity index (χ1n) is 13.4. The van der Waals surface area contributed by atoms with E-state index in [-0.39, 0.29) is 11.5 Å². The molecule has 0 bridgehead atoms. The van der Waals surface area contributed by atoms with Gasteiger partial charge in [0.05, 0.1) is 23.6 Å². The number of aromatic carboxylic acids is 1. The lowest BCUT2D eigenvalue weighted by Gasteiger charge is -2.43. The zero-order valence-electron chi connectivity index (χ0n) is 22.1. The number of rotatable bonds is 9. The molecule has 5 rings (SSSR count). The number of piperidine rings is 1. The number of anilines is 3. The Bertz CT molecular complexity index is 1310. The number of carboxylic acids is 1. The molecule has 2 saturated heterocycles. The summed E-state index contributed by atoms with van der Waals surface area (Å²) in [4.78, 5) is 32.0. The van der Waals surface area contributed by atoms with Crippen molar-refractivity contribution < 1.29 is 14.7 Å². The number of carbonyl (C=O) groups excluding carboxylic acids is 1. The molecule has 1 spiro atoms. The van der Waals surface area contributed by atoms with Crippen LogP contribution in [-0.2, 0) is 11.3 Å². The number of carbonyl (C=O) groups is 2. The van der Waals surface area contributed by atoms with Crippen molar-refractivity contribution in [2.45, 2.75) is 31.3 Å². The zero-order chi connectivity index (χ0) is 27.4. The van der Waals surface area contributed by atoms with Crippen LogP contribution in [0, 0.1) is 0 Å². The molecule has 0 atom stereocenters. The fraction of sp³-hybridized carbons (Fsp3) is 0.333. The average molecular weight is 529 g/mol. The number of carboxylic acid groups (broad SMARTS) is 1. The number of nitrogens with zero attached hydrogens (tertiary/aromatic N) is 4. The van der Waals surface area contributed by atoms with Gasteiger partial charge in [0.25, 0.3) is 0 Å². The normalized spacial score (nSPS) is 17.1. The molecule has 5 N–H and O–H groups in total. The van der Waals surface area contributed by atoms with Gasteiger partial charge in [0, 0.05) is 31.9 Å². The van der Waals surface area contributed by atoms with Gasteiger partial charge in [0.2, 0.25) is 5.91 Å². The van der Waals surface area contributed by atoms with Crippen LogP contribution >= 0.6 is 0 Å². The molecular weight excluding hydrogens is 492 g/mol. The third-order valence-corrected chi connectivity index (χ3v) is 7.93. The van der Waals surface area contributed by atoms with E-state index in [4.69, 9.17) is 11.6 Å². The van der Waals surface area contributed by atoms with Gasteiger partial charge in [-0.1, -0.05) is 42.5 Å². The lowest BCUT2D eigenvalue weighted by molar-refractivity contribution is -0.134. The van der Waals surface area contributed by atoms with Gasteiger partial charge in [-0.25, -0.2) is 10.6 Å². The minimum atomic E-state index is -0.968. The third kappa shape index (κ3) is 5.55. The van der Waals surface area contributed by atoms with Crippen LogP contribution in [0.5, 0.6) is 0 Å². The van der Waals surface area contributed by atoms with Crippen molar-refractivity contribution in [1.29, 1.82) is 0 Å². The number of hydrogen-bond donors (Lipinski definition) is 3. The maximum atomic E-state index is 14.0. The molecule has 0 unspecified atom stereocenters. The van der Waals surface area contributed by atoms with Crippen LogP contribution < -0.4 is 21.5 Å². The summed E-state index contributed by atoms with van der Waals surface area (Å²) in [6, 6.07) is 24.5. The molecule has 3 aromatic rings. The van der Waals surface area contributed by atoms with Crippen LogP contribution in [0.2, 0.25) is 0 Å². The summed E-state index contributed by atoms with van der Waals surface area (Å²) in [6.07, 6.45) is 2.34. The van der Waals surface area contributed by atoms with E-state index in [0.717, 1.165) is 55.8 Å². The van der Waals surface area contributed by atoms with Gasteiger partial charge in [-0.15, -0.1) is 0 Å². The Balaban J connectivity index is 1.25. The summed E-state index contributed by atoms with van der Waals surface area (Å²) >= 11 is 0. The van der Waals surface area contributed by atoms with E-state index in [1.807, 2.05) is 53.4 Å². The molecule has 39 heavy (non-hydrogen) atoms. The Morgan fingerprint density at radius 3 is 2.41 bits per heavy atom. The number of hydrazine groups is 1. The molecule has 204 valence electrons. The highest BCUT2D eigenvalue weighted by molar-refractivity contribution is 5.93. The molecule has 2 aliphatic heterocycles. The predicted molar refractivity (Wildman–Crippen MR) is 153 cm³/mol. The van der Waals surface area contributed by atoms with E-state index in [0.29, 0.717) is 25.4 Å². The number of benzene rings is 3. The first-order valence-corrected chi connectivity index (χ1v) is 13.4. The van der Waals surface area contributed by atoms with E-state index in [9.17, 15) is 14.7 Å². The largest absolute Gasteiger partial charge is 0.478 e. The third-order valence-electron chi connectivity index (χ3n) is 7.93. The van der Waals surface area contributed by atoms with Crippen molar-refractivity contribution in [3.8, 4) is 0 Å². The van der Waals surface area contributed by atoms with E-state index < -0.39 is 11.5 Å². The van der Waals surface area contributed by atoms with Crippen molar-refractivity contribution in [1.82, 2.24) is 9.80 Å². The second-order valence-electron chi connectivity index (χ2n) is 10.4. The molecule has 0 aromatic heterocycles. The van der Waals surface area contributed by atoms with Crippen molar-refractivity contribution >= 4 is 28.9 Å². The highest BCUT2D eigenvalue weighted by Crippen LogP contribution is 2.40. The first-order chi connectivity index (χ1) is 18.9. The second-order valence-corrected chi connectivity index (χ2v) is 10.4. The fourth-order valence-electron chi connectivity index (χ4n) is 5.83. The summed E-state index contributed by atoms with van der Waals surface area (Å²) < 4.78 is 0. The van der Waals surface area contributed by atoms with Crippen LogP contribution in [0.1, 0.15) is 35.2 Å². The molecule has 2 heterocycles. The van der Waals surface area contributed by atoms with E-state index in [1.54, 1.807) is 23.2 Å². The number of nitrogens with two attached hydrogens (primary N) is 2. The Morgan fingerprint density at radius 2 is 1.69 bits per heavy atom. The average Bonchev–Trinajstić information content (AvgIpc) is 3.21. The lowest BCUT2D eigenvalue weighted by Crippen LogP contribution is -2.56. The molecule has 3 aromatic carbocycles. The minimum absolute atomic E-state index is 0.111. The number of amides is 1. The minimum Gasteiger partial charge on any atom is -0.478 e. The van der Waals surface area contributed by atoms with Crippen molar-refractivity contribution in [2.24, 2.45) is 5.84 Å². The van der Waals surface area contributed by atoms with Crippen molar-refractivity contribution in [3.05, 3.63) is 90.0 Å². The Labute approximate surface area is 229 Å². The fourth-order valence-corrected chi connectivity index (χ4v) is 5.83. The van der Waals surface area contributed by atoms with Crippen LogP contribution in [0.3, 0.4) is 0 Å². The summed E-state index contributed by atoms with van der Waals surface area (Å²) in [6.45, 7) is 4.06. The topological polar surface area (TPSA) is 119 Å². The summed E-state index contributed by atoms with van der Waals surface area (Å²) in [5.41, 5.74) is 9.02. The molecule has 1 amide bonds. The van der Waals surface area contributed by atoms with E-state index in [2.05, 4.69) is 21.9 Å². The van der Waals surface area contributed by atoms with E-state index >= 15 is 0 Å². The molecule has 2 aliphatic rings. The summed E-state index contributed by atoms with van der Waals surface area (Å²) in [5, 5.41) is 11.1. The van der Waals surface area contributed by atoms with Gasteiger partial charge < -0.3 is 30.5 Å². The van der Waals surface area contributed by atoms with Gasteiger partial charge in [-0.3, -0.25) is 4.79 Å². The molecule has 0 radical (unpaired) electrons. The standard InChI is InChI=1S/C30H36N6O3/c31-26-12-4-5-13-27(26)36(32)17-7-16-33-18-14-30(15-19-33)29(39)34(22-35(30)25-10-2-1-3-11-25)21-23-8-6-9-24(20-23)28(37)38/h1-6,8-13,20H,7,14-19,21-22,31-32H2,(H,37,38). The molecule has 9 heteroatoms.